The molecule has 0 aromatic rings. The third kappa shape index (κ3) is 43.6. The highest BCUT2D eigenvalue weighted by Gasteiger charge is 2.12. The molecular formula is C39H82N2O2. The van der Waals surface area contributed by atoms with Gasteiger partial charge in [-0.15, -0.1) is 0 Å². The van der Waals surface area contributed by atoms with Crippen LogP contribution in [0.5, 0.6) is 0 Å². The number of carboxylic acid groups (broad SMARTS) is 1. The molecule has 0 saturated heterocycles. The minimum atomic E-state index is -0.903. The van der Waals surface area contributed by atoms with Gasteiger partial charge in [-0.2, -0.15) is 0 Å². The van der Waals surface area contributed by atoms with Crippen molar-refractivity contribution in [3.8, 4) is 0 Å². The van der Waals surface area contributed by atoms with Gasteiger partial charge in [0.15, 0.2) is 0 Å². The van der Waals surface area contributed by atoms with Crippen LogP contribution in [0.15, 0.2) is 0 Å². The molecule has 0 radical (unpaired) electrons. The van der Waals surface area contributed by atoms with Crippen LogP contribution in [0.3, 0.4) is 0 Å². The fourth-order valence-corrected chi connectivity index (χ4v) is 6.01. The molecule has 0 aliphatic heterocycles. The largest absolute Gasteiger partial charge is 0.550 e. The molecule has 4 heteroatoms. The molecule has 0 amide bonds. The van der Waals surface area contributed by atoms with E-state index in [2.05, 4.69) is 27.9 Å². The summed E-state index contributed by atoms with van der Waals surface area (Å²) in [6, 6.07) is 0. The van der Waals surface area contributed by atoms with Gasteiger partial charge in [0.05, 0.1) is 27.2 Å². The molecule has 0 aromatic heterocycles. The summed E-state index contributed by atoms with van der Waals surface area (Å²) in [5.74, 6) is -0.903. The summed E-state index contributed by atoms with van der Waals surface area (Å²) in [5, 5.41) is 10.2. The van der Waals surface area contributed by atoms with Crippen molar-refractivity contribution < 1.29 is 14.4 Å². The number of hydrogen-bond acceptors (Lipinski definition) is 3. The molecule has 0 spiro atoms. The van der Waals surface area contributed by atoms with E-state index in [-0.39, 0.29) is 6.42 Å². The molecule has 0 aliphatic carbocycles. The lowest BCUT2D eigenvalue weighted by molar-refractivity contribution is -0.890. The standard InChI is InChI=1S/C21H47N2.C18H36O2/c1-4-5-6-7-8-9-10-11-12-13-14-15-16-17-20-23(2,3)21-18-19-22;1-2-3-4-5-6-7-8-9-10-11-12-13-14-15-16-17-18(19)20/h4-22H2,1-3H3;2-17H2,1H3,(H,19,20)/q+1;/p-1. The van der Waals surface area contributed by atoms with Crippen molar-refractivity contribution in [3.63, 3.8) is 0 Å². The first-order valence-corrected chi connectivity index (χ1v) is 19.6. The Bertz CT molecular complexity index is 523. The van der Waals surface area contributed by atoms with E-state index in [1.165, 1.54) is 186 Å². The maximum Gasteiger partial charge on any atom is 0.0794 e. The molecule has 4 nitrogen and oxygen atoms in total. The van der Waals surface area contributed by atoms with Gasteiger partial charge >= 0.3 is 0 Å². The molecule has 43 heavy (non-hydrogen) atoms. The summed E-state index contributed by atoms with van der Waals surface area (Å²) in [7, 11) is 4.69. The van der Waals surface area contributed by atoms with Crippen LogP contribution in [0.1, 0.15) is 213 Å². The number of carbonyl (C=O) groups is 1. The number of nitrogens with zero attached hydrogens (tertiary/aromatic N) is 1. The van der Waals surface area contributed by atoms with Crippen LogP contribution in [0.4, 0.5) is 0 Å². The van der Waals surface area contributed by atoms with Crippen molar-refractivity contribution in [2.45, 2.75) is 213 Å². The average molecular weight is 611 g/mol. The molecule has 0 fully saturated rings. The van der Waals surface area contributed by atoms with Crippen LogP contribution in [-0.4, -0.2) is 44.2 Å². The predicted molar refractivity (Wildman–Crippen MR) is 190 cm³/mol. The van der Waals surface area contributed by atoms with Crippen LogP contribution in [0.2, 0.25) is 0 Å². The van der Waals surface area contributed by atoms with E-state index in [1.54, 1.807) is 0 Å². The fraction of sp³-hybridized carbons (Fsp3) is 0.974. The van der Waals surface area contributed by atoms with Gasteiger partial charge in [-0.25, -0.2) is 0 Å². The lowest BCUT2D eigenvalue weighted by Crippen LogP contribution is -2.41. The van der Waals surface area contributed by atoms with Gasteiger partial charge in [0.25, 0.3) is 0 Å². The molecule has 0 saturated carbocycles. The summed E-state index contributed by atoms with van der Waals surface area (Å²) in [6.07, 6.45) is 41.2. The van der Waals surface area contributed by atoms with E-state index >= 15 is 0 Å². The van der Waals surface area contributed by atoms with Crippen molar-refractivity contribution in [2.24, 2.45) is 5.73 Å². The van der Waals surface area contributed by atoms with Gasteiger partial charge < -0.3 is 20.1 Å². The summed E-state index contributed by atoms with van der Waals surface area (Å²) in [4.78, 5) is 10.2. The highest BCUT2D eigenvalue weighted by atomic mass is 16.4. The summed E-state index contributed by atoms with van der Waals surface area (Å²) < 4.78 is 1.15. The Kier molecular flexibility index (Phi) is 38.9. The quantitative estimate of drug-likeness (QED) is 0.0582. The van der Waals surface area contributed by atoms with Crippen molar-refractivity contribution in [1.82, 2.24) is 0 Å². The number of carboxylic acids is 1. The molecule has 0 aromatic carbocycles. The second-order valence-corrected chi connectivity index (χ2v) is 14.2. The molecule has 0 rings (SSSR count). The summed E-state index contributed by atoms with van der Waals surface area (Å²) in [5.41, 5.74) is 5.61. The fourth-order valence-electron chi connectivity index (χ4n) is 6.01. The van der Waals surface area contributed by atoms with E-state index in [4.69, 9.17) is 5.73 Å². The van der Waals surface area contributed by atoms with Crippen LogP contribution in [0.25, 0.3) is 0 Å². The van der Waals surface area contributed by atoms with Gasteiger partial charge in [-0.3, -0.25) is 0 Å². The Balaban J connectivity index is 0. The Labute approximate surface area is 272 Å². The first-order chi connectivity index (χ1) is 20.9. The lowest BCUT2D eigenvalue weighted by atomic mass is 10.0. The predicted octanol–water partition coefficient (Wildman–Crippen LogP) is 10.9. The van der Waals surface area contributed by atoms with E-state index in [0.717, 1.165) is 30.3 Å². The Morgan fingerprint density at radius 3 is 0.977 bits per heavy atom. The summed E-state index contributed by atoms with van der Waals surface area (Å²) >= 11 is 0. The minimum absolute atomic E-state index is 0.234. The van der Waals surface area contributed by atoms with Gasteiger partial charge in [-0.1, -0.05) is 181 Å². The second-order valence-electron chi connectivity index (χ2n) is 14.2. The zero-order chi connectivity index (χ0) is 32.1. The molecular weight excluding hydrogens is 528 g/mol. The van der Waals surface area contributed by atoms with E-state index in [0.29, 0.717) is 0 Å². The normalized spacial score (nSPS) is 11.5. The molecule has 0 unspecified atom stereocenters. The molecule has 0 aliphatic rings. The van der Waals surface area contributed by atoms with Gasteiger partial charge in [0, 0.05) is 12.4 Å². The number of hydrogen-bond donors (Lipinski definition) is 1. The Hall–Kier alpha value is -0.610. The highest BCUT2D eigenvalue weighted by Crippen LogP contribution is 2.15. The molecule has 260 valence electrons. The van der Waals surface area contributed by atoms with E-state index in [9.17, 15) is 9.90 Å². The van der Waals surface area contributed by atoms with Crippen LogP contribution in [-0.2, 0) is 4.79 Å². The number of aliphatic carboxylic acids is 1. The Morgan fingerprint density at radius 1 is 0.442 bits per heavy atom. The average Bonchev–Trinajstić information content (AvgIpc) is 2.98. The second kappa shape index (κ2) is 37.6. The Morgan fingerprint density at radius 2 is 0.698 bits per heavy atom. The summed E-state index contributed by atoms with van der Waals surface area (Å²) in [6.45, 7) is 7.94. The first kappa shape index (κ1) is 44.5. The van der Waals surface area contributed by atoms with Crippen molar-refractivity contribution in [2.75, 3.05) is 33.7 Å². The molecule has 0 heterocycles. The topological polar surface area (TPSA) is 66.1 Å². The van der Waals surface area contributed by atoms with Gasteiger partial charge in [0.1, 0.15) is 0 Å². The van der Waals surface area contributed by atoms with Crippen LogP contribution >= 0.6 is 0 Å². The number of nitrogens with two attached hydrogens (primary N) is 1. The van der Waals surface area contributed by atoms with Crippen molar-refractivity contribution in [3.05, 3.63) is 0 Å². The van der Waals surface area contributed by atoms with Gasteiger partial charge in [0.2, 0.25) is 0 Å². The number of quaternary nitrogens is 1. The van der Waals surface area contributed by atoms with E-state index < -0.39 is 5.97 Å². The van der Waals surface area contributed by atoms with Crippen molar-refractivity contribution >= 4 is 5.97 Å². The number of carbonyl (C=O) groups excluding carboxylic acids is 1. The van der Waals surface area contributed by atoms with Crippen LogP contribution in [0, 0.1) is 0 Å². The zero-order valence-corrected chi connectivity index (χ0v) is 30.4. The smallest absolute Gasteiger partial charge is 0.0794 e. The monoisotopic (exact) mass is 611 g/mol. The number of rotatable bonds is 34. The lowest BCUT2D eigenvalue weighted by Gasteiger charge is -2.29. The first-order valence-electron chi connectivity index (χ1n) is 19.6. The zero-order valence-electron chi connectivity index (χ0n) is 30.4. The molecule has 0 atom stereocenters. The maximum absolute atomic E-state index is 10.2. The molecule has 0 bridgehead atoms. The third-order valence-corrected chi connectivity index (χ3v) is 9.07. The number of unbranched alkanes of at least 4 members (excludes halogenated alkanes) is 27. The van der Waals surface area contributed by atoms with Gasteiger partial charge in [-0.05, 0) is 32.2 Å². The molecule has 2 N–H and O–H groups in total. The maximum atomic E-state index is 10.2. The highest BCUT2D eigenvalue weighted by molar-refractivity contribution is 5.64. The minimum Gasteiger partial charge on any atom is -0.550 e. The SMILES string of the molecule is CCCCCCCCCCCCCCCCCC(=O)[O-].CCCCCCCCCCCCCCCC[N+](C)(C)CCCN. The van der Waals surface area contributed by atoms with E-state index in [1.807, 2.05) is 0 Å². The third-order valence-electron chi connectivity index (χ3n) is 9.07. The van der Waals surface area contributed by atoms with Crippen LogP contribution < -0.4 is 10.8 Å². The van der Waals surface area contributed by atoms with Crippen molar-refractivity contribution in [1.29, 1.82) is 0 Å².